The summed E-state index contributed by atoms with van der Waals surface area (Å²) < 4.78 is 6.98. The molecule has 0 aliphatic heterocycles. The summed E-state index contributed by atoms with van der Waals surface area (Å²) in [6, 6.07) is 0. The van der Waals surface area contributed by atoms with Crippen LogP contribution in [0.25, 0.3) is 10.9 Å². The van der Waals surface area contributed by atoms with Gasteiger partial charge in [0.2, 0.25) is 5.88 Å². The van der Waals surface area contributed by atoms with E-state index in [0.29, 0.717) is 11.8 Å². The van der Waals surface area contributed by atoms with E-state index in [4.69, 9.17) is 4.74 Å². The number of methoxy groups -OCH3 is 1. The Morgan fingerprint density at radius 3 is 2.73 bits per heavy atom. The van der Waals surface area contributed by atoms with Crippen LogP contribution >= 0.6 is 0 Å². The van der Waals surface area contributed by atoms with Crippen LogP contribution in [0, 0.1) is 0 Å². The molecule has 0 N–H and O–H groups in total. The van der Waals surface area contributed by atoms with E-state index in [1.807, 2.05) is 19.4 Å². The fourth-order valence-electron chi connectivity index (χ4n) is 1.73. The molecule has 0 aliphatic rings. The number of hydrogen-bond donors (Lipinski definition) is 0. The van der Waals surface area contributed by atoms with E-state index in [2.05, 4.69) is 23.9 Å². The van der Waals surface area contributed by atoms with Crippen LogP contribution in [0.1, 0.15) is 25.3 Å². The van der Waals surface area contributed by atoms with Crippen molar-refractivity contribution in [2.45, 2.75) is 19.8 Å². The molecule has 0 aliphatic carbocycles. The Labute approximate surface area is 88.9 Å². The van der Waals surface area contributed by atoms with Gasteiger partial charge < -0.3 is 4.74 Å². The number of ether oxygens (including phenoxy) is 1. The summed E-state index contributed by atoms with van der Waals surface area (Å²) in [5, 5.41) is 5.48. The first-order valence-corrected chi connectivity index (χ1v) is 4.99. The Bertz CT molecular complexity index is 488. The van der Waals surface area contributed by atoms with Gasteiger partial charge in [-0.1, -0.05) is 13.8 Å². The fourth-order valence-corrected chi connectivity index (χ4v) is 1.73. The maximum absolute atomic E-state index is 5.19. The number of aromatic nitrogens is 3. The van der Waals surface area contributed by atoms with Gasteiger partial charge in [0, 0.05) is 24.8 Å². The molecular formula is C11H15N3O. The van der Waals surface area contributed by atoms with Gasteiger partial charge in [-0.3, -0.25) is 4.68 Å². The highest BCUT2D eigenvalue weighted by atomic mass is 16.5. The second-order valence-electron chi connectivity index (χ2n) is 3.94. The maximum Gasteiger partial charge on any atom is 0.242 e. The Morgan fingerprint density at radius 2 is 2.13 bits per heavy atom. The first-order valence-electron chi connectivity index (χ1n) is 4.99. The van der Waals surface area contributed by atoms with E-state index in [9.17, 15) is 0 Å². The molecule has 0 spiro atoms. The van der Waals surface area contributed by atoms with E-state index in [1.54, 1.807) is 11.8 Å². The summed E-state index contributed by atoms with van der Waals surface area (Å²) in [4.78, 5) is 4.26. The highest BCUT2D eigenvalue weighted by molar-refractivity contribution is 5.85. The number of pyridine rings is 1. The van der Waals surface area contributed by atoms with Gasteiger partial charge in [0.05, 0.1) is 7.11 Å². The molecule has 0 bridgehead atoms. The van der Waals surface area contributed by atoms with Crippen molar-refractivity contribution in [2.75, 3.05) is 7.11 Å². The van der Waals surface area contributed by atoms with Crippen molar-refractivity contribution >= 4 is 10.9 Å². The highest BCUT2D eigenvalue weighted by Gasteiger charge is 2.13. The normalized spacial score (nSPS) is 11.3. The quantitative estimate of drug-likeness (QED) is 0.753. The van der Waals surface area contributed by atoms with E-state index in [-0.39, 0.29) is 0 Å². The van der Waals surface area contributed by atoms with E-state index in [0.717, 1.165) is 10.9 Å². The summed E-state index contributed by atoms with van der Waals surface area (Å²) in [5.41, 5.74) is 2.05. The molecule has 0 radical (unpaired) electrons. The first-order chi connectivity index (χ1) is 7.13. The van der Waals surface area contributed by atoms with Gasteiger partial charge in [-0.15, -0.1) is 0 Å². The molecule has 80 valence electrons. The van der Waals surface area contributed by atoms with Crippen molar-refractivity contribution < 1.29 is 4.74 Å². The molecule has 0 saturated carbocycles. The van der Waals surface area contributed by atoms with Crippen LogP contribution in [0.4, 0.5) is 0 Å². The Balaban J connectivity index is 2.76. The van der Waals surface area contributed by atoms with Crippen molar-refractivity contribution in [2.24, 2.45) is 7.05 Å². The topological polar surface area (TPSA) is 39.9 Å². The lowest BCUT2D eigenvalue weighted by atomic mass is 10.0. The molecule has 0 atom stereocenters. The van der Waals surface area contributed by atoms with E-state index >= 15 is 0 Å². The van der Waals surface area contributed by atoms with Gasteiger partial charge in [0.15, 0.2) is 5.52 Å². The average molecular weight is 205 g/mol. The van der Waals surface area contributed by atoms with E-state index in [1.165, 1.54) is 5.56 Å². The standard InChI is InChI=1S/C11H15N3O/c1-7(2)8-5-12-11(15-4)10-9(8)6-14(3)13-10/h5-7H,1-4H3. The second kappa shape index (κ2) is 3.53. The van der Waals surface area contributed by atoms with Crippen LogP contribution in [0.3, 0.4) is 0 Å². The first kappa shape index (κ1) is 9.96. The van der Waals surface area contributed by atoms with Crippen LogP contribution in [0.2, 0.25) is 0 Å². The summed E-state index contributed by atoms with van der Waals surface area (Å²) in [6.07, 6.45) is 3.88. The molecule has 0 aromatic carbocycles. The van der Waals surface area contributed by atoms with Gasteiger partial charge >= 0.3 is 0 Å². The molecule has 4 nitrogen and oxygen atoms in total. The summed E-state index contributed by atoms with van der Waals surface area (Å²) in [6.45, 7) is 4.30. The lowest BCUT2D eigenvalue weighted by molar-refractivity contribution is 0.401. The van der Waals surface area contributed by atoms with E-state index < -0.39 is 0 Å². The third-order valence-corrected chi connectivity index (χ3v) is 2.48. The average Bonchev–Trinajstić information content (AvgIpc) is 2.56. The molecule has 2 aromatic heterocycles. The minimum Gasteiger partial charge on any atom is -0.479 e. The van der Waals surface area contributed by atoms with Crippen LogP contribution < -0.4 is 4.74 Å². The smallest absolute Gasteiger partial charge is 0.242 e. The number of nitrogens with zero attached hydrogens (tertiary/aromatic N) is 3. The molecule has 0 unspecified atom stereocenters. The zero-order valence-electron chi connectivity index (χ0n) is 9.48. The molecule has 0 amide bonds. The lowest BCUT2D eigenvalue weighted by Gasteiger charge is -2.07. The zero-order chi connectivity index (χ0) is 11.0. The molecule has 2 aromatic rings. The second-order valence-corrected chi connectivity index (χ2v) is 3.94. The van der Waals surface area contributed by atoms with Crippen LogP contribution in [0.15, 0.2) is 12.4 Å². The summed E-state index contributed by atoms with van der Waals surface area (Å²) in [5.74, 6) is 1.03. The largest absolute Gasteiger partial charge is 0.479 e. The Hall–Kier alpha value is -1.58. The minimum atomic E-state index is 0.440. The Morgan fingerprint density at radius 1 is 1.40 bits per heavy atom. The number of fused-ring (bicyclic) bond motifs is 1. The van der Waals surface area contributed by atoms with Crippen LogP contribution in [-0.2, 0) is 7.05 Å². The van der Waals surface area contributed by atoms with Crippen LogP contribution in [0.5, 0.6) is 5.88 Å². The molecule has 0 saturated heterocycles. The van der Waals surface area contributed by atoms with Gasteiger partial charge in [0.25, 0.3) is 0 Å². The van der Waals surface area contributed by atoms with Gasteiger partial charge in [-0.2, -0.15) is 5.10 Å². The monoisotopic (exact) mass is 205 g/mol. The van der Waals surface area contributed by atoms with Crippen molar-refractivity contribution in [3.8, 4) is 5.88 Å². The third-order valence-electron chi connectivity index (χ3n) is 2.48. The number of aryl methyl sites for hydroxylation is 1. The summed E-state index contributed by atoms with van der Waals surface area (Å²) >= 11 is 0. The van der Waals surface area contributed by atoms with Gasteiger partial charge in [-0.25, -0.2) is 4.98 Å². The molecular weight excluding hydrogens is 190 g/mol. The maximum atomic E-state index is 5.19. The van der Waals surface area contributed by atoms with Gasteiger partial charge in [-0.05, 0) is 11.5 Å². The zero-order valence-corrected chi connectivity index (χ0v) is 9.48. The fraction of sp³-hybridized carbons (Fsp3) is 0.455. The predicted molar refractivity (Wildman–Crippen MR) is 59.2 cm³/mol. The predicted octanol–water partition coefficient (Wildman–Crippen LogP) is 2.10. The minimum absolute atomic E-state index is 0.440. The highest BCUT2D eigenvalue weighted by Crippen LogP contribution is 2.28. The van der Waals surface area contributed by atoms with Crippen LogP contribution in [-0.4, -0.2) is 21.9 Å². The molecule has 15 heavy (non-hydrogen) atoms. The Kier molecular flexibility index (Phi) is 2.34. The number of rotatable bonds is 2. The van der Waals surface area contributed by atoms with Crippen molar-refractivity contribution in [3.63, 3.8) is 0 Å². The number of hydrogen-bond acceptors (Lipinski definition) is 3. The molecule has 0 fully saturated rings. The van der Waals surface area contributed by atoms with Crippen molar-refractivity contribution in [1.29, 1.82) is 0 Å². The molecule has 2 heterocycles. The van der Waals surface area contributed by atoms with Crippen molar-refractivity contribution in [3.05, 3.63) is 18.0 Å². The van der Waals surface area contributed by atoms with Gasteiger partial charge in [0.1, 0.15) is 0 Å². The molecule has 2 rings (SSSR count). The molecule has 4 heteroatoms. The SMILES string of the molecule is COc1ncc(C(C)C)c2cn(C)nc12. The summed E-state index contributed by atoms with van der Waals surface area (Å²) in [7, 11) is 3.52. The third kappa shape index (κ3) is 1.56. The van der Waals surface area contributed by atoms with Crippen molar-refractivity contribution in [1.82, 2.24) is 14.8 Å². The lowest BCUT2D eigenvalue weighted by Crippen LogP contribution is -1.94.